The summed E-state index contributed by atoms with van der Waals surface area (Å²) in [5, 5.41) is 0. The van der Waals surface area contributed by atoms with Gasteiger partial charge in [-0.2, -0.15) is 0 Å². The molecule has 41 heavy (non-hydrogen) atoms. The fourth-order valence-corrected chi connectivity index (χ4v) is 7.90. The SMILES string of the molecule is CC(C)(C)c1cc(C(C)(C)C)c(S(=O)(=O)[O-])c(C(C)(C)C)c1.c1ccc([S+](c2ccccc2)c2ccccc2)cc1. The number of rotatable bonds is 4. The number of hydrogen-bond donors (Lipinski definition) is 0. The minimum absolute atomic E-state index is 0.0146. The van der Waals surface area contributed by atoms with E-state index in [1.54, 1.807) is 0 Å². The van der Waals surface area contributed by atoms with Crippen LogP contribution in [0, 0.1) is 0 Å². The van der Waals surface area contributed by atoms with E-state index in [0.29, 0.717) is 11.1 Å². The molecule has 0 aliphatic heterocycles. The van der Waals surface area contributed by atoms with Crippen molar-refractivity contribution < 1.29 is 13.0 Å². The van der Waals surface area contributed by atoms with Crippen LogP contribution in [-0.4, -0.2) is 13.0 Å². The summed E-state index contributed by atoms with van der Waals surface area (Å²) in [7, 11) is -4.56. The lowest BCUT2D eigenvalue weighted by molar-refractivity contribution is 0.448. The highest BCUT2D eigenvalue weighted by Crippen LogP contribution is 2.40. The van der Waals surface area contributed by atoms with E-state index in [1.807, 2.05) is 53.7 Å². The van der Waals surface area contributed by atoms with Crippen molar-refractivity contribution in [2.75, 3.05) is 0 Å². The molecule has 4 rings (SSSR count). The van der Waals surface area contributed by atoms with Gasteiger partial charge in [-0.25, -0.2) is 8.42 Å². The van der Waals surface area contributed by atoms with Crippen molar-refractivity contribution in [3.8, 4) is 0 Å². The molecule has 5 heteroatoms. The molecule has 3 nitrogen and oxygen atoms in total. The fourth-order valence-electron chi connectivity index (χ4n) is 4.52. The van der Waals surface area contributed by atoms with Gasteiger partial charge in [0.25, 0.3) is 0 Å². The van der Waals surface area contributed by atoms with Gasteiger partial charge in [0, 0.05) is 0 Å². The van der Waals surface area contributed by atoms with Gasteiger partial charge in [0.1, 0.15) is 10.1 Å². The van der Waals surface area contributed by atoms with Crippen LogP contribution in [0.4, 0.5) is 0 Å². The molecular formula is C36H44O3S2. The molecule has 0 aliphatic carbocycles. The molecule has 0 saturated carbocycles. The molecule has 0 heterocycles. The molecule has 0 radical (unpaired) electrons. The molecule has 0 N–H and O–H groups in total. The van der Waals surface area contributed by atoms with Gasteiger partial charge in [-0.15, -0.1) is 0 Å². The minimum atomic E-state index is -4.54. The van der Waals surface area contributed by atoms with Crippen molar-refractivity contribution in [2.45, 2.75) is 98.1 Å². The van der Waals surface area contributed by atoms with E-state index < -0.39 is 20.9 Å². The lowest BCUT2D eigenvalue weighted by atomic mass is 9.75. The van der Waals surface area contributed by atoms with Gasteiger partial charge in [0.05, 0.1) is 15.8 Å². The maximum absolute atomic E-state index is 12.0. The Morgan fingerprint density at radius 2 is 0.805 bits per heavy atom. The number of benzene rings is 4. The summed E-state index contributed by atoms with van der Waals surface area (Å²) in [5.74, 6) is 0. The highest BCUT2D eigenvalue weighted by atomic mass is 32.2. The van der Waals surface area contributed by atoms with Crippen molar-refractivity contribution in [2.24, 2.45) is 0 Å². The Bertz CT molecular complexity index is 1400. The van der Waals surface area contributed by atoms with E-state index >= 15 is 0 Å². The van der Waals surface area contributed by atoms with E-state index in [9.17, 15) is 13.0 Å². The molecule has 4 aromatic carbocycles. The normalized spacial score (nSPS) is 12.6. The monoisotopic (exact) mass is 588 g/mol. The van der Waals surface area contributed by atoms with Crippen molar-refractivity contribution >= 4 is 21.0 Å². The van der Waals surface area contributed by atoms with Crippen LogP contribution in [-0.2, 0) is 37.3 Å². The second-order valence-electron chi connectivity index (χ2n) is 13.3. The summed E-state index contributed by atoms with van der Waals surface area (Å²) in [6.45, 7) is 17.9. The third-order valence-corrected chi connectivity index (χ3v) is 9.93. The van der Waals surface area contributed by atoms with Gasteiger partial charge in [-0.05, 0) is 69.3 Å². The molecule has 0 saturated heterocycles. The van der Waals surface area contributed by atoms with E-state index in [1.165, 1.54) is 14.7 Å². The van der Waals surface area contributed by atoms with Gasteiger partial charge in [-0.1, -0.05) is 129 Å². The maximum Gasteiger partial charge on any atom is 0.166 e. The molecule has 0 unspecified atom stereocenters. The second kappa shape index (κ2) is 12.6. The van der Waals surface area contributed by atoms with Crippen LogP contribution in [0.15, 0.2) is 123 Å². The molecule has 0 fully saturated rings. The standard InChI is InChI=1S/C18H30O3S.C18H15S/c1-16(2,3)12-10-13(17(4,5)6)15(22(19,20)21)14(11-12)18(7,8)9;1-4-10-16(11-5-1)19(17-12-6-2-7-13-17)18-14-8-3-9-15-18/h10-11H,1-9H3,(H,19,20,21);1-15H/q;+1/p-1. The summed E-state index contributed by atoms with van der Waals surface area (Å²) in [6, 6.07) is 35.9. The predicted octanol–water partition coefficient (Wildman–Crippen LogP) is 9.27. The van der Waals surface area contributed by atoms with Crippen molar-refractivity contribution in [3.05, 3.63) is 120 Å². The zero-order valence-corrected chi connectivity index (χ0v) is 27.5. The molecule has 0 atom stereocenters. The summed E-state index contributed by atoms with van der Waals surface area (Å²) in [4.78, 5) is 4.04. The first-order valence-electron chi connectivity index (χ1n) is 14.0. The summed E-state index contributed by atoms with van der Waals surface area (Å²) in [6.07, 6.45) is 0. The summed E-state index contributed by atoms with van der Waals surface area (Å²) < 4.78 is 35.9. The van der Waals surface area contributed by atoms with Crippen molar-refractivity contribution in [3.63, 3.8) is 0 Å². The third kappa shape index (κ3) is 8.57. The van der Waals surface area contributed by atoms with Gasteiger partial charge >= 0.3 is 0 Å². The average Bonchev–Trinajstić information content (AvgIpc) is 2.88. The summed E-state index contributed by atoms with van der Waals surface area (Å²) >= 11 is 0. The molecule has 0 amide bonds. The predicted molar refractivity (Wildman–Crippen MR) is 172 cm³/mol. The van der Waals surface area contributed by atoms with Crippen LogP contribution in [0.3, 0.4) is 0 Å². The highest BCUT2D eigenvalue weighted by molar-refractivity contribution is 7.97. The first kappa shape index (κ1) is 32.7. The second-order valence-corrected chi connectivity index (χ2v) is 16.7. The first-order valence-corrected chi connectivity index (χ1v) is 16.6. The molecule has 0 spiro atoms. The third-order valence-electron chi connectivity index (χ3n) is 6.76. The van der Waals surface area contributed by atoms with Crippen molar-refractivity contribution in [1.82, 2.24) is 0 Å². The van der Waals surface area contributed by atoms with Gasteiger partial charge in [0.2, 0.25) is 0 Å². The van der Waals surface area contributed by atoms with Crippen LogP contribution in [0.5, 0.6) is 0 Å². The van der Waals surface area contributed by atoms with E-state index in [4.69, 9.17) is 0 Å². The number of hydrogen-bond acceptors (Lipinski definition) is 3. The lowest BCUT2D eigenvalue weighted by Gasteiger charge is -2.34. The first-order chi connectivity index (χ1) is 18.9. The summed E-state index contributed by atoms with van der Waals surface area (Å²) in [5.41, 5.74) is 1.31. The van der Waals surface area contributed by atoms with Gasteiger partial charge < -0.3 is 4.55 Å². The van der Waals surface area contributed by atoms with Crippen LogP contribution < -0.4 is 0 Å². The van der Waals surface area contributed by atoms with E-state index in [0.717, 1.165) is 5.56 Å². The van der Waals surface area contributed by atoms with E-state index in [2.05, 4.69) is 112 Å². The Kier molecular flexibility index (Phi) is 10.0. The average molecular weight is 589 g/mol. The van der Waals surface area contributed by atoms with Crippen LogP contribution >= 0.6 is 0 Å². The highest BCUT2D eigenvalue weighted by Gasteiger charge is 2.31. The van der Waals surface area contributed by atoms with E-state index in [-0.39, 0.29) is 21.2 Å². The Morgan fingerprint density at radius 3 is 1.02 bits per heavy atom. The molecule has 0 aliphatic rings. The Labute approximate surface area is 251 Å². The largest absolute Gasteiger partial charge is 0.744 e. The Hall–Kier alpha value is -2.86. The van der Waals surface area contributed by atoms with Gasteiger partial charge in [-0.3, -0.25) is 0 Å². The van der Waals surface area contributed by atoms with Gasteiger partial charge in [0.15, 0.2) is 14.7 Å². The molecular weight excluding hydrogens is 545 g/mol. The molecule has 0 aromatic heterocycles. The topological polar surface area (TPSA) is 57.2 Å². The van der Waals surface area contributed by atoms with Crippen LogP contribution in [0.25, 0.3) is 0 Å². The zero-order valence-electron chi connectivity index (χ0n) is 25.9. The maximum atomic E-state index is 12.0. The van der Waals surface area contributed by atoms with Crippen LogP contribution in [0.2, 0.25) is 0 Å². The Balaban J connectivity index is 0.000000227. The Morgan fingerprint density at radius 1 is 0.512 bits per heavy atom. The molecule has 218 valence electrons. The van der Waals surface area contributed by atoms with Crippen LogP contribution in [0.1, 0.15) is 79.0 Å². The minimum Gasteiger partial charge on any atom is -0.744 e. The zero-order chi connectivity index (χ0) is 30.6. The fraction of sp³-hybridized carbons (Fsp3) is 0.333. The lowest BCUT2D eigenvalue weighted by Crippen LogP contribution is -2.26. The molecule has 4 aromatic rings. The molecule has 0 bridgehead atoms. The smallest absolute Gasteiger partial charge is 0.166 e. The van der Waals surface area contributed by atoms with Crippen molar-refractivity contribution in [1.29, 1.82) is 0 Å². The quantitative estimate of drug-likeness (QED) is 0.176.